The molecule has 0 aromatic heterocycles. The van der Waals surface area contributed by atoms with Crippen LogP contribution in [0.5, 0.6) is 5.75 Å². The van der Waals surface area contributed by atoms with Crippen LogP contribution < -0.4 is 10.1 Å². The van der Waals surface area contributed by atoms with Crippen LogP contribution in [0.4, 0.5) is 5.69 Å². The predicted octanol–water partition coefficient (Wildman–Crippen LogP) is 2.57. The molecule has 4 heteroatoms. The van der Waals surface area contributed by atoms with Crippen LogP contribution in [0.15, 0.2) is 24.3 Å². The first kappa shape index (κ1) is 14.5. The highest BCUT2D eigenvalue weighted by molar-refractivity contribution is 5.92. The lowest BCUT2D eigenvalue weighted by Gasteiger charge is -2.14. The van der Waals surface area contributed by atoms with Crippen LogP contribution in [0.3, 0.4) is 0 Å². The third-order valence-corrected chi connectivity index (χ3v) is 2.34. The number of ether oxygens (including phenoxy) is 1. The van der Waals surface area contributed by atoms with Gasteiger partial charge in [0, 0.05) is 13.0 Å². The fraction of sp³-hybridized carbons (Fsp3) is 0.500. The van der Waals surface area contributed by atoms with Gasteiger partial charge in [-0.25, -0.2) is 0 Å². The van der Waals surface area contributed by atoms with Crippen LogP contribution in [0.25, 0.3) is 0 Å². The number of carbonyl (C=O) groups excluding carboxylic acids is 1. The lowest BCUT2D eigenvalue weighted by Crippen LogP contribution is -2.14. The predicted molar refractivity (Wildman–Crippen MR) is 71.8 cm³/mol. The second-order valence-electron chi connectivity index (χ2n) is 4.39. The molecule has 0 saturated heterocycles. The first-order valence-electron chi connectivity index (χ1n) is 6.30. The van der Waals surface area contributed by atoms with E-state index in [1.54, 1.807) is 0 Å². The summed E-state index contributed by atoms with van der Waals surface area (Å²) in [4.78, 5) is 11.7. The van der Waals surface area contributed by atoms with Crippen LogP contribution in [-0.2, 0) is 4.79 Å². The molecule has 0 fully saturated rings. The Morgan fingerprint density at radius 1 is 1.33 bits per heavy atom. The number of benzene rings is 1. The summed E-state index contributed by atoms with van der Waals surface area (Å²) in [7, 11) is 0. The summed E-state index contributed by atoms with van der Waals surface area (Å²) in [6, 6.07) is 7.39. The summed E-state index contributed by atoms with van der Waals surface area (Å²) in [6.07, 6.45) is 1.82. The van der Waals surface area contributed by atoms with Gasteiger partial charge in [-0.2, -0.15) is 0 Å². The summed E-state index contributed by atoms with van der Waals surface area (Å²) in [6.45, 7) is 4.01. The average molecular weight is 251 g/mol. The van der Waals surface area contributed by atoms with Crippen molar-refractivity contribution in [2.45, 2.75) is 39.2 Å². The highest BCUT2D eigenvalue weighted by Gasteiger charge is 2.08. The Balaban J connectivity index is 2.57. The fourth-order valence-corrected chi connectivity index (χ4v) is 1.54. The molecule has 0 bridgehead atoms. The average Bonchev–Trinajstić information content (AvgIpc) is 2.31. The van der Waals surface area contributed by atoms with Gasteiger partial charge in [0.1, 0.15) is 5.75 Å². The van der Waals surface area contributed by atoms with E-state index in [0.29, 0.717) is 30.7 Å². The number of amides is 1. The number of aliphatic hydroxyl groups is 1. The largest absolute Gasteiger partial charge is 0.489 e. The van der Waals surface area contributed by atoms with Crippen LogP contribution in [0.1, 0.15) is 33.1 Å². The van der Waals surface area contributed by atoms with Gasteiger partial charge in [0.05, 0.1) is 11.8 Å². The number of unbranched alkanes of at least 4 members (excludes halogenated alkanes) is 1. The molecule has 1 aromatic rings. The van der Waals surface area contributed by atoms with Crippen molar-refractivity contribution in [3.05, 3.63) is 24.3 Å². The molecule has 0 spiro atoms. The zero-order valence-electron chi connectivity index (χ0n) is 11.0. The van der Waals surface area contributed by atoms with E-state index in [0.717, 1.165) is 0 Å². The minimum absolute atomic E-state index is 0.0525. The minimum atomic E-state index is -0.0525. The number of carbonyl (C=O) groups is 1. The second-order valence-corrected chi connectivity index (χ2v) is 4.39. The van der Waals surface area contributed by atoms with E-state index >= 15 is 0 Å². The molecule has 0 aliphatic carbocycles. The molecular formula is C14H21NO3. The molecule has 2 N–H and O–H groups in total. The van der Waals surface area contributed by atoms with Crippen LogP contribution in [0, 0.1) is 0 Å². The van der Waals surface area contributed by atoms with Crippen molar-refractivity contribution in [1.82, 2.24) is 0 Å². The first-order valence-corrected chi connectivity index (χ1v) is 6.30. The molecule has 0 saturated carbocycles. The van der Waals surface area contributed by atoms with Gasteiger partial charge in [0.25, 0.3) is 0 Å². The third-order valence-electron chi connectivity index (χ3n) is 2.34. The molecule has 0 aliphatic rings. The maximum absolute atomic E-state index is 11.7. The van der Waals surface area contributed by atoms with Gasteiger partial charge in [-0.1, -0.05) is 12.1 Å². The van der Waals surface area contributed by atoms with Crippen LogP contribution in [-0.4, -0.2) is 23.7 Å². The van der Waals surface area contributed by atoms with E-state index in [2.05, 4.69) is 5.32 Å². The molecule has 4 nitrogen and oxygen atoms in total. The number of aliphatic hydroxyl groups excluding tert-OH is 1. The van der Waals surface area contributed by atoms with Crippen molar-refractivity contribution >= 4 is 11.6 Å². The second kappa shape index (κ2) is 7.71. The zero-order valence-corrected chi connectivity index (χ0v) is 11.0. The van der Waals surface area contributed by atoms with E-state index in [-0.39, 0.29) is 18.6 Å². The molecule has 1 amide bonds. The number of hydrogen-bond donors (Lipinski definition) is 2. The standard InChI is InChI=1S/C14H21NO3/c1-11(2)18-13-8-4-3-7-12(13)15-14(17)9-5-6-10-16/h3-4,7-8,11,16H,5-6,9-10H2,1-2H3,(H,15,17). The number of rotatable bonds is 7. The summed E-state index contributed by atoms with van der Waals surface area (Å²) in [5, 5.41) is 11.5. The number of hydrogen-bond acceptors (Lipinski definition) is 3. The molecule has 100 valence electrons. The van der Waals surface area contributed by atoms with Crippen molar-refractivity contribution in [2.24, 2.45) is 0 Å². The maximum Gasteiger partial charge on any atom is 0.224 e. The number of para-hydroxylation sites is 2. The summed E-state index contributed by atoms with van der Waals surface area (Å²) >= 11 is 0. The van der Waals surface area contributed by atoms with Gasteiger partial charge in [0.15, 0.2) is 0 Å². The normalized spacial score (nSPS) is 10.4. The van der Waals surface area contributed by atoms with Crippen LogP contribution in [0.2, 0.25) is 0 Å². The number of anilines is 1. The Hall–Kier alpha value is -1.55. The minimum Gasteiger partial charge on any atom is -0.489 e. The van der Waals surface area contributed by atoms with Gasteiger partial charge in [-0.3, -0.25) is 4.79 Å². The molecular weight excluding hydrogens is 230 g/mol. The quantitative estimate of drug-likeness (QED) is 0.732. The summed E-state index contributed by atoms with van der Waals surface area (Å²) in [5.41, 5.74) is 0.695. The van der Waals surface area contributed by atoms with Gasteiger partial charge in [0.2, 0.25) is 5.91 Å². The fourth-order valence-electron chi connectivity index (χ4n) is 1.54. The molecule has 18 heavy (non-hydrogen) atoms. The van der Waals surface area contributed by atoms with Crippen molar-refractivity contribution in [3.8, 4) is 5.75 Å². The van der Waals surface area contributed by atoms with E-state index in [4.69, 9.17) is 9.84 Å². The third kappa shape index (κ3) is 5.19. The summed E-state index contributed by atoms with van der Waals surface area (Å²) < 4.78 is 5.62. The monoisotopic (exact) mass is 251 g/mol. The molecule has 0 heterocycles. The van der Waals surface area contributed by atoms with Crippen molar-refractivity contribution in [1.29, 1.82) is 0 Å². The van der Waals surface area contributed by atoms with Gasteiger partial charge in [-0.05, 0) is 38.8 Å². The zero-order chi connectivity index (χ0) is 13.4. The van der Waals surface area contributed by atoms with Gasteiger partial charge in [-0.15, -0.1) is 0 Å². The number of nitrogens with one attached hydrogen (secondary N) is 1. The maximum atomic E-state index is 11.7. The Bertz CT molecular complexity index is 377. The molecule has 0 aliphatic heterocycles. The Morgan fingerprint density at radius 2 is 2.06 bits per heavy atom. The highest BCUT2D eigenvalue weighted by Crippen LogP contribution is 2.25. The van der Waals surface area contributed by atoms with E-state index in [9.17, 15) is 4.79 Å². The van der Waals surface area contributed by atoms with E-state index < -0.39 is 0 Å². The van der Waals surface area contributed by atoms with E-state index in [1.807, 2.05) is 38.1 Å². The Kier molecular flexibility index (Phi) is 6.22. The Labute approximate surface area is 108 Å². The van der Waals surface area contributed by atoms with E-state index in [1.165, 1.54) is 0 Å². The topological polar surface area (TPSA) is 58.6 Å². The molecule has 1 aromatic carbocycles. The molecule has 0 radical (unpaired) electrons. The highest BCUT2D eigenvalue weighted by atomic mass is 16.5. The van der Waals surface area contributed by atoms with Gasteiger partial charge < -0.3 is 15.2 Å². The van der Waals surface area contributed by atoms with Crippen LogP contribution >= 0.6 is 0 Å². The van der Waals surface area contributed by atoms with Crippen molar-refractivity contribution < 1.29 is 14.6 Å². The van der Waals surface area contributed by atoms with Crippen molar-refractivity contribution in [3.63, 3.8) is 0 Å². The Morgan fingerprint density at radius 3 is 2.72 bits per heavy atom. The van der Waals surface area contributed by atoms with Crippen molar-refractivity contribution in [2.75, 3.05) is 11.9 Å². The molecule has 1 rings (SSSR count). The lowest BCUT2D eigenvalue weighted by atomic mass is 10.2. The smallest absolute Gasteiger partial charge is 0.224 e. The summed E-state index contributed by atoms with van der Waals surface area (Å²) in [5.74, 6) is 0.631. The SMILES string of the molecule is CC(C)Oc1ccccc1NC(=O)CCCCO. The molecule has 0 atom stereocenters. The lowest BCUT2D eigenvalue weighted by molar-refractivity contribution is -0.116. The first-order chi connectivity index (χ1) is 8.63. The molecule has 0 unspecified atom stereocenters. The van der Waals surface area contributed by atoms with Gasteiger partial charge >= 0.3 is 0 Å².